The lowest BCUT2D eigenvalue weighted by molar-refractivity contribution is -0.157. The van der Waals surface area contributed by atoms with E-state index in [1.807, 2.05) is 44.2 Å². The lowest BCUT2D eigenvalue weighted by Gasteiger charge is -2.26. The molecular formula is C25H30BN3O9. The topological polar surface area (TPSA) is 184 Å². The molecule has 0 spiro atoms. The quantitative estimate of drug-likeness (QED) is 0.253. The van der Waals surface area contributed by atoms with Gasteiger partial charge in [-0.25, -0.2) is 9.78 Å². The fourth-order valence-corrected chi connectivity index (χ4v) is 3.89. The number of aliphatic hydroxyl groups excluding tert-OH is 2. The number of hydrogen-bond acceptors (Lipinski definition) is 9. The second-order valence-electron chi connectivity index (χ2n) is 9.36. The summed E-state index contributed by atoms with van der Waals surface area (Å²) < 4.78 is 10.4. The molecule has 2 amide bonds. The first-order valence-corrected chi connectivity index (χ1v) is 12.1. The Balaban J connectivity index is 1.74. The molecule has 5 atom stereocenters. The molecule has 5 N–H and O–H groups in total. The maximum absolute atomic E-state index is 13.1. The lowest BCUT2D eigenvalue weighted by Crippen LogP contribution is -2.58. The highest BCUT2D eigenvalue weighted by Crippen LogP contribution is 2.21. The predicted molar refractivity (Wildman–Crippen MR) is 134 cm³/mol. The number of rotatable bonds is 11. The van der Waals surface area contributed by atoms with Crippen LogP contribution in [0.1, 0.15) is 37.7 Å². The Bertz CT molecular complexity index is 1160. The minimum atomic E-state index is -2.15. The zero-order chi connectivity index (χ0) is 28.0. The van der Waals surface area contributed by atoms with Crippen LogP contribution in [0.2, 0.25) is 0 Å². The van der Waals surface area contributed by atoms with Gasteiger partial charge in [0.05, 0.1) is 17.7 Å². The van der Waals surface area contributed by atoms with Gasteiger partial charge in [0.25, 0.3) is 5.91 Å². The average Bonchev–Trinajstić information content (AvgIpc) is 3.27. The molecule has 1 saturated heterocycles. The SMILES string of the molecule is CC(C)CC(NC(=O)C(NC(=O)c1cccc(-c2ccccc2)n1)C(C)O)B1OC(=O)[C@@H](C(O)C(=O)O)O1. The first kappa shape index (κ1) is 28.8. The number of amides is 2. The maximum Gasteiger partial charge on any atom is 0.552 e. The van der Waals surface area contributed by atoms with Crippen LogP contribution in [0.4, 0.5) is 0 Å². The molecule has 1 aromatic carbocycles. The van der Waals surface area contributed by atoms with Crippen molar-refractivity contribution in [2.45, 2.75) is 57.5 Å². The standard InChI is InChI=1S/C25H30BN3O9/c1-13(2)12-18(26-37-21(25(36)38-26)20(31)24(34)35)28-23(33)19(14(3)30)29-22(32)17-11-7-10-16(27-17)15-8-5-4-6-9-15/h4-11,13-14,18-21,30-31H,12H2,1-3H3,(H,28,33)(H,29,32)(H,34,35)/t14?,18?,19?,20?,21-/m1/s1. The van der Waals surface area contributed by atoms with Gasteiger partial charge in [0, 0.05) is 5.56 Å². The van der Waals surface area contributed by atoms with E-state index in [1.54, 1.807) is 12.1 Å². The number of nitrogens with one attached hydrogen (secondary N) is 2. The predicted octanol–water partition coefficient (Wildman–Crippen LogP) is 0.174. The monoisotopic (exact) mass is 527 g/mol. The van der Waals surface area contributed by atoms with Gasteiger partial charge in [0.1, 0.15) is 11.7 Å². The zero-order valence-corrected chi connectivity index (χ0v) is 21.1. The van der Waals surface area contributed by atoms with E-state index in [0.29, 0.717) is 5.69 Å². The molecule has 1 aromatic heterocycles. The van der Waals surface area contributed by atoms with Crippen LogP contribution in [0.25, 0.3) is 11.3 Å². The van der Waals surface area contributed by atoms with Crippen molar-refractivity contribution in [2.75, 3.05) is 0 Å². The van der Waals surface area contributed by atoms with Crippen LogP contribution in [0.5, 0.6) is 0 Å². The molecule has 13 heteroatoms. The number of pyridine rings is 1. The molecule has 12 nitrogen and oxygen atoms in total. The Morgan fingerprint density at radius 3 is 2.32 bits per heavy atom. The summed E-state index contributed by atoms with van der Waals surface area (Å²) in [6, 6.07) is 12.6. The lowest BCUT2D eigenvalue weighted by atomic mass is 9.74. The Morgan fingerprint density at radius 1 is 1.03 bits per heavy atom. The molecule has 0 radical (unpaired) electrons. The van der Waals surface area contributed by atoms with E-state index in [1.165, 1.54) is 13.0 Å². The summed E-state index contributed by atoms with van der Waals surface area (Å²) >= 11 is 0. The zero-order valence-electron chi connectivity index (χ0n) is 21.1. The Kier molecular flexibility index (Phi) is 9.56. The molecular weight excluding hydrogens is 497 g/mol. The molecule has 202 valence electrons. The molecule has 1 aliphatic rings. The van der Waals surface area contributed by atoms with Crippen molar-refractivity contribution in [3.63, 3.8) is 0 Å². The van der Waals surface area contributed by atoms with Crippen molar-refractivity contribution in [3.05, 3.63) is 54.2 Å². The van der Waals surface area contributed by atoms with E-state index in [0.717, 1.165) is 5.56 Å². The molecule has 38 heavy (non-hydrogen) atoms. The molecule has 1 aliphatic heterocycles. The summed E-state index contributed by atoms with van der Waals surface area (Å²) in [5, 5.41) is 34.1. The van der Waals surface area contributed by atoms with Gasteiger partial charge >= 0.3 is 19.1 Å². The number of aliphatic carboxylic acids is 1. The number of aliphatic hydroxyl groups is 2. The number of carboxylic acid groups (broad SMARTS) is 1. The van der Waals surface area contributed by atoms with Crippen molar-refractivity contribution in [3.8, 4) is 11.3 Å². The van der Waals surface area contributed by atoms with Crippen LogP contribution in [0, 0.1) is 5.92 Å². The fourth-order valence-electron chi connectivity index (χ4n) is 3.89. The van der Waals surface area contributed by atoms with E-state index in [9.17, 15) is 29.4 Å². The average molecular weight is 527 g/mol. The van der Waals surface area contributed by atoms with Crippen molar-refractivity contribution in [2.24, 2.45) is 5.92 Å². The normalized spacial score (nSPS) is 18.3. The van der Waals surface area contributed by atoms with Crippen LogP contribution in [0.15, 0.2) is 48.5 Å². The van der Waals surface area contributed by atoms with Gasteiger partial charge < -0.3 is 35.3 Å². The number of benzene rings is 1. The van der Waals surface area contributed by atoms with Gasteiger partial charge in [0.15, 0.2) is 12.2 Å². The summed E-state index contributed by atoms with van der Waals surface area (Å²) in [6.07, 6.45) is -4.99. The maximum atomic E-state index is 13.1. The third-order valence-corrected chi connectivity index (χ3v) is 5.77. The minimum Gasteiger partial charge on any atom is -0.506 e. The molecule has 4 unspecified atom stereocenters. The number of carboxylic acids is 1. The molecule has 0 bridgehead atoms. The van der Waals surface area contributed by atoms with E-state index in [-0.39, 0.29) is 18.0 Å². The highest BCUT2D eigenvalue weighted by atomic mass is 16.7. The molecule has 3 rings (SSSR count). The van der Waals surface area contributed by atoms with Crippen molar-refractivity contribution in [1.82, 2.24) is 15.6 Å². The first-order valence-electron chi connectivity index (χ1n) is 12.1. The van der Waals surface area contributed by atoms with Gasteiger partial charge in [-0.3, -0.25) is 14.4 Å². The van der Waals surface area contributed by atoms with Crippen LogP contribution in [0.3, 0.4) is 0 Å². The molecule has 0 saturated carbocycles. The van der Waals surface area contributed by atoms with E-state index >= 15 is 0 Å². The van der Waals surface area contributed by atoms with Crippen molar-refractivity contribution in [1.29, 1.82) is 0 Å². The third-order valence-electron chi connectivity index (χ3n) is 5.77. The summed E-state index contributed by atoms with van der Waals surface area (Å²) in [5.74, 6) is -5.24. The number of carbonyl (C=O) groups is 4. The number of nitrogens with zero attached hydrogens (tertiary/aromatic N) is 1. The number of aromatic nitrogens is 1. The highest BCUT2D eigenvalue weighted by molar-refractivity contribution is 6.51. The van der Waals surface area contributed by atoms with Crippen LogP contribution in [-0.2, 0) is 23.7 Å². The largest absolute Gasteiger partial charge is 0.552 e. The van der Waals surface area contributed by atoms with E-state index in [4.69, 9.17) is 14.4 Å². The molecule has 0 aliphatic carbocycles. The van der Waals surface area contributed by atoms with Crippen LogP contribution >= 0.6 is 0 Å². The van der Waals surface area contributed by atoms with Crippen LogP contribution in [-0.4, -0.2) is 81.5 Å². The molecule has 2 heterocycles. The van der Waals surface area contributed by atoms with Crippen LogP contribution < -0.4 is 10.6 Å². The van der Waals surface area contributed by atoms with Gasteiger partial charge in [-0.2, -0.15) is 0 Å². The first-order chi connectivity index (χ1) is 18.0. The summed E-state index contributed by atoms with van der Waals surface area (Å²) in [5.41, 5.74) is 1.37. The summed E-state index contributed by atoms with van der Waals surface area (Å²) in [6.45, 7) is 4.98. The fraction of sp³-hybridized carbons (Fsp3) is 0.400. The minimum absolute atomic E-state index is 0.0297. The summed E-state index contributed by atoms with van der Waals surface area (Å²) in [4.78, 5) is 53.6. The molecule has 1 fully saturated rings. The van der Waals surface area contributed by atoms with Gasteiger partial charge in [-0.05, 0) is 31.4 Å². The second kappa shape index (κ2) is 12.6. The van der Waals surface area contributed by atoms with Crippen molar-refractivity contribution < 1.29 is 43.8 Å². The van der Waals surface area contributed by atoms with Crippen molar-refractivity contribution >= 4 is 30.9 Å². The third kappa shape index (κ3) is 7.15. The van der Waals surface area contributed by atoms with Gasteiger partial charge in [-0.15, -0.1) is 0 Å². The van der Waals surface area contributed by atoms with Gasteiger partial charge in [-0.1, -0.05) is 50.2 Å². The Labute approximate surface area is 219 Å². The number of carbonyl (C=O) groups excluding carboxylic acids is 3. The highest BCUT2D eigenvalue weighted by Gasteiger charge is 2.50. The van der Waals surface area contributed by atoms with E-state index in [2.05, 4.69) is 15.6 Å². The van der Waals surface area contributed by atoms with Gasteiger partial charge in [0.2, 0.25) is 5.91 Å². The Hall–Kier alpha value is -3.81. The number of hydrogen-bond donors (Lipinski definition) is 5. The van der Waals surface area contributed by atoms with E-state index < -0.39 is 61.2 Å². The second-order valence-corrected chi connectivity index (χ2v) is 9.36. The Morgan fingerprint density at radius 2 is 1.71 bits per heavy atom. The molecule has 2 aromatic rings. The smallest absolute Gasteiger partial charge is 0.506 e. The summed E-state index contributed by atoms with van der Waals surface area (Å²) in [7, 11) is -1.39.